The predicted octanol–water partition coefficient (Wildman–Crippen LogP) is 0.118. The minimum Gasteiger partial charge on any atom is -0.467 e. The molecular weight excluding hydrogens is 177 g/mol. The van der Waals surface area contributed by atoms with E-state index in [-0.39, 0.29) is 18.9 Å². The highest BCUT2D eigenvalue weighted by Gasteiger charge is 2.38. The monoisotopic (exact) mass is 189 g/mol. The average Bonchev–Trinajstić information content (AvgIpc) is 2.46. The molecule has 0 aromatic carbocycles. The van der Waals surface area contributed by atoms with Gasteiger partial charge in [0.1, 0.15) is 12.2 Å². The Morgan fingerprint density at radius 2 is 2.15 bits per heavy atom. The molecule has 0 saturated carbocycles. The van der Waals surface area contributed by atoms with E-state index in [9.17, 15) is 14.0 Å². The lowest BCUT2D eigenvalue weighted by Gasteiger charge is -2.19. The summed E-state index contributed by atoms with van der Waals surface area (Å²) in [6, 6.07) is -0.738. The fourth-order valence-electron chi connectivity index (χ4n) is 1.49. The molecule has 0 bridgehead atoms. The van der Waals surface area contributed by atoms with Crippen molar-refractivity contribution in [2.24, 2.45) is 0 Å². The third-order valence-corrected chi connectivity index (χ3v) is 2.13. The van der Waals surface area contributed by atoms with E-state index in [1.165, 1.54) is 18.9 Å². The van der Waals surface area contributed by atoms with Crippen LogP contribution in [0.5, 0.6) is 0 Å². The molecule has 0 aliphatic carbocycles. The van der Waals surface area contributed by atoms with E-state index in [0.29, 0.717) is 0 Å². The van der Waals surface area contributed by atoms with Crippen LogP contribution < -0.4 is 0 Å². The lowest BCUT2D eigenvalue weighted by atomic mass is 10.2. The molecule has 1 aliphatic heterocycles. The van der Waals surface area contributed by atoms with Crippen LogP contribution in [-0.4, -0.2) is 42.6 Å². The second-order valence-electron chi connectivity index (χ2n) is 3.04. The highest BCUT2D eigenvalue weighted by molar-refractivity contribution is 5.84. The number of nitrogens with zero attached hydrogens (tertiary/aromatic N) is 1. The van der Waals surface area contributed by atoms with Crippen molar-refractivity contribution in [1.82, 2.24) is 4.90 Å². The summed E-state index contributed by atoms with van der Waals surface area (Å²) in [5.74, 6) is -0.842. The summed E-state index contributed by atoms with van der Waals surface area (Å²) < 4.78 is 17.3. The molecule has 2 atom stereocenters. The van der Waals surface area contributed by atoms with Crippen LogP contribution in [0, 0.1) is 0 Å². The molecule has 5 heteroatoms. The maximum Gasteiger partial charge on any atom is 0.328 e. The average molecular weight is 189 g/mol. The van der Waals surface area contributed by atoms with E-state index < -0.39 is 18.2 Å². The summed E-state index contributed by atoms with van der Waals surface area (Å²) in [4.78, 5) is 23.3. The third-order valence-electron chi connectivity index (χ3n) is 2.13. The standard InChI is InChI=1S/C8H12FNO3/c1-5(11)10-4-6(9)3-7(10)8(12)13-2/h6-7H,3-4H2,1-2H3/t6-,7-/m0/s1. The largest absolute Gasteiger partial charge is 0.467 e. The maximum atomic E-state index is 12.9. The van der Waals surface area contributed by atoms with Crippen LogP contribution in [-0.2, 0) is 14.3 Å². The van der Waals surface area contributed by atoms with Crippen molar-refractivity contribution in [3.8, 4) is 0 Å². The fraction of sp³-hybridized carbons (Fsp3) is 0.750. The minimum absolute atomic E-state index is 0.00486. The summed E-state index contributed by atoms with van der Waals surface area (Å²) in [5, 5.41) is 0. The molecule has 0 aromatic rings. The Labute approximate surface area is 75.6 Å². The highest BCUT2D eigenvalue weighted by atomic mass is 19.1. The minimum atomic E-state index is -1.12. The number of rotatable bonds is 1. The van der Waals surface area contributed by atoms with Gasteiger partial charge < -0.3 is 9.64 Å². The molecule has 1 amide bonds. The van der Waals surface area contributed by atoms with Gasteiger partial charge in [0.15, 0.2) is 0 Å². The molecule has 0 radical (unpaired) electrons. The number of hydrogen-bond donors (Lipinski definition) is 0. The van der Waals surface area contributed by atoms with Crippen LogP contribution in [0.1, 0.15) is 13.3 Å². The molecule has 1 rings (SSSR count). The number of carbonyl (C=O) groups excluding carboxylic acids is 2. The van der Waals surface area contributed by atoms with Crippen LogP contribution in [0.25, 0.3) is 0 Å². The molecule has 1 fully saturated rings. The lowest BCUT2D eigenvalue weighted by Crippen LogP contribution is -2.39. The van der Waals surface area contributed by atoms with E-state index in [0.717, 1.165) is 0 Å². The molecule has 0 aromatic heterocycles. The number of likely N-dealkylation sites (tertiary alicyclic amines) is 1. The molecule has 0 spiro atoms. The van der Waals surface area contributed by atoms with Gasteiger partial charge in [-0.25, -0.2) is 9.18 Å². The van der Waals surface area contributed by atoms with E-state index in [1.807, 2.05) is 0 Å². The maximum absolute atomic E-state index is 12.9. The first-order chi connectivity index (χ1) is 6.06. The highest BCUT2D eigenvalue weighted by Crippen LogP contribution is 2.21. The van der Waals surface area contributed by atoms with Crippen molar-refractivity contribution >= 4 is 11.9 Å². The number of hydrogen-bond acceptors (Lipinski definition) is 3. The molecule has 13 heavy (non-hydrogen) atoms. The summed E-state index contributed by atoms with van der Waals surface area (Å²) in [7, 11) is 1.23. The van der Waals surface area contributed by atoms with Crippen LogP contribution in [0.2, 0.25) is 0 Å². The number of amides is 1. The molecule has 1 aliphatic rings. The Kier molecular flexibility index (Phi) is 2.85. The molecule has 0 N–H and O–H groups in total. The number of ether oxygens (including phenoxy) is 1. The zero-order valence-corrected chi connectivity index (χ0v) is 7.62. The fourth-order valence-corrected chi connectivity index (χ4v) is 1.49. The molecule has 4 nitrogen and oxygen atoms in total. The van der Waals surface area contributed by atoms with Gasteiger partial charge in [0.05, 0.1) is 13.7 Å². The predicted molar refractivity (Wildman–Crippen MR) is 42.7 cm³/mol. The smallest absolute Gasteiger partial charge is 0.328 e. The van der Waals surface area contributed by atoms with Gasteiger partial charge in [-0.1, -0.05) is 0 Å². The van der Waals surface area contributed by atoms with Gasteiger partial charge in [0, 0.05) is 13.3 Å². The van der Waals surface area contributed by atoms with Crippen LogP contribution in [0.15, 0.2) is 0 Å². The van der Waals surface area contributed by atoms with Crippen molar-refractivity contribution in [3.63, 3.8) is 0 Å². The van der Waals surface area contributed by atoms with Crippen LogP contribution in [0.3, 0.4) is 0 Å². The van der Waals surface area contributed by atoms with Gasteiger partial charge >= 0.3 is 5.97 Å². The Morgan fingerprint density at radius 1 is 1.54 bits per heavy atom. The summed E-state index contributed by atoms with van der Waals surface area (Å²) in [6.07, 6.45) is -1.07. The van der Waals surface area contributed by atoms with Gasteiger partial charge in [0.2, 0.25) is 5.91 Å². The summed E-state index contributed by atoms with van der Waals surface area (Å²) in [6.45, 7) is 1.31. The van der Waals surface area contributed by atoms with Gasteiger partial charge in [-0.15, -0.1) is 0 Å². The quantitative estimate of drug-likeness (QED) is 0.550. The Bertz CT molecular complexity index is 231. The first-order valence-corrected chi connectivity index (χ1v) is 4.05. The number of esters is 1. The number of halogens is 1. The molecule has 74 valence electrons. The zero-order valence-electron chi connectivity index (χ0n) is 7.62. The normalized spacial score (nSPS) is 27.5. The topological polar surface area (TPSA) is 46.6 Å². The number of methoxy groups -OCH3 is 1. The molecular formula is C8H12FNO3. The first kappa shape index (κ1) is 9.95. The molecule has 1 heterocycles. The first-order valence-electron chi connectivity index (χ1n) is 4.05. The Morgan fingerprint density at radius 3 is 2.62 bits per heavy atom. The lowest BCUT2D eigenvalue weighted by molar-refractivity contribution is -0.150. The van der Waals surface area contributed by atoms with Crippen molar-refractivity contribution in [2.45, 2.75) is 25.6 Å². The second-order valence-corrected chi connectivity index (χ2v) is 3.04. The number of alkyl halides is 1. The van der Waals surface area contributed by atoms with Crippen molar-refractivity contribution in [1.29, 1.82) is 0 Å². The molecule has 1 saturated heterocycles. The van der Waals surface area contributed by atoms with Gasteiger partial charge in [-0.2, -0.15) is 0 Å². The van der Waals surface area contributed by atoms with Gasteiger partial charge in [-0.3, -0.25) is 4.79 Å². The molecule has 0 unspecified atom stereocenters. The van der Waals surface area contributed by atoms with Crippen molar-refractivity contribution < 1.29 is 18.7 Å². The van der Waals surface area contributed by atoms with E-state index in [2.05, 4.69) is 4.74 Å². The SMILES string of the molecule is COC(=O)[C@@H]1C[C@H](F)CN1C(C)=O. The Hall–Kier alpha value is -1.13. The Balaban J connectivity index is 2.71. The van der Waals surface area contributed by atoms with E-state index in [4.69, 9.17) is 0 Å². The van der Waals surface area contributed by atoms with Crippen molar-refractivity contribution in [3.05, 3.63) is 0 Å². The second kappa shape index (κ2) is 3.72. The van der Waals surface area contributed by atoms with Crippen LogP contribution in [0.4, 0.5) is 4.39 Å². The van der Waals surface area contributed by atoms with Gasteiger partial charge in [-0.05, 0) is 0 Å². The van der Waals surface area contributed by atoms with E-state index in [1.54, 1.807) is 0 Å². The van der Waals surface area contributed by atoms with Gasteiger partial charge in [0.25, 0.3) is 0 Å². The zero-order chi connectivity index (χ0) is 10.0. The third kappa shape index (κ3) is 1.96. The van der Waals surface area contributed by atoms with Crippen molar-refractivity contribution in [2.75, 3.05) is 13.7 Å². The summed E-state index contributed by atoms with van der Waals surface area (Å²) in [5.41, 5.74) is 0. The summed E-state index contributed by atoms with van der Waals surface area (Å²) >= 11 is 0. The number of carbonyl (C=O) groups is 2. The van der Waals surface area contributed by atoms with E-state index >= 15 is 0 Å². The van der Waals surface area contributed by atoms with Crippen LogP contribution >= 0.6 is 0 Å².